The Balaban J connectivity index is 1.42. The lowest BCUT2D eigenvalue weighted by Gasteiger charge is -2.45. The van der Waals surface area contributed by atoms with Gasteiger partial charge in [-0.2, -0.15) is 0 Å². The summed E-state index contributed by atoms with van der Waals surface area (Å²) in [5.41, 5.74) is 3.67. The van der Waals surface area contributed by atoms with E-state index in [2.05, 4.69) is 27.6 Å². The average molecular weight is 597 g/mol. The Labute approximate surface area is 249 Å². The molecule has 2 aliphatic heterocycles. The lowest BCUT2D eigenvalue weighted by Crippen LogP contribution is -2.49. The molecule has 0 radical (unpaired) electrons. The van der Waals surface area contributed by atoms with Crippen LogP contribution in [0.25, 0.3) is 0 Å². The van der Waals surface area contributed by atoms with Crippen LogP contribution in [-0.4, -0.2) is 52.1 Å². The van der Waals surface area contributed by atoms with Gasteiger partial charge in [-0.25, -0.2) is 4.21 Å². The van der Waals surface area contributed by atoms with Crippen molar-refractivity contribution < 1.29 is 18.8 Å². The van der Waals surface area contributed by atoms with Crippen LogP contribution < -0.4 is 14.4 Å². The maximum atomic E-state index is 13.6. The quantitative estimate of drug-likeness (QED) is 0.308. The van der Waals surface area contributed by atoms with Crippen molar-refractivity contribution in [1.82, 2.24) is 4.72 Å². The largest absolute Gasteiger partial charge is 0.490 e. The third kappa shape index (κ3) is 5.41. The van der Waals surface area contributed by atoms with Crippen LogP contribution in [0.5, 0.6) is 5.75 Å². The van der Waals surface area contributed by atoms with Gasteiger partial charge >= 0.3 is 0 Å². The maximum absolute atomic E-state index is 13.6. The molecule has 7 atom stereocenters. The molecule has 0 saturated heterocycles. The Hall–Kier alpha value is -2.48. The second-order valence-corrected chi connectivity index (χ2v) is 15.6. The second-order valence-electron chi connectivity index (χ2n) is 12.8. The molecule has 1 fully saturated rings. The number of halogens is 1. The van der Waals surface area contributed by atoms with Crippen molar-refractivity contribution in [3.05, 3.63) is 70.3 Å². The number of hydrogen-bond acceptors (Lipinski definition) is 5. The number of ether oxygens (including phenoxy) is 1. The highest BCUT2D eigenvalue weighted by molar-refractivity contribution is 7.99. The average Bonchev–Trinajstić information content (AvgIpc) is 3.06. The van der Waals surface area contributed by atoms with Gasteiger partial charge in [-0.05, 0) is 111 Å². The van der Waals surface area contributed by atoms with E-state index < -0.39 is 15.8 Å². The summed E-state index contributed by atoms with van der Waals surface area (Å²) in [6.07, 6.45) is 9.15. The number of nitrogens with one attached hydrogen (secondary N) is 1. The highest BCUT2D eigenvalue weighted by Crippen LogP contribution is 2.46. The van der Waals surface area contributed by atoms with Gasteiger partial charge in [0, 0.05) is 34.3 Å². The number of aryl methyl sites for hydroxylation is 1. The van der Waals surface area contributed by atoms with Crippen LogP contribution in [0.3, 0.4) is 0 Å². The molecule has 220 valence electrons. The van der Waals surface area contributed by atoms with Crippen molar-refractivity contribution in [3.8, 4) is 5.75 Å². The molecular formula is C33H41ClN2O4S. The number of carbonyl (C=O) groups is 1. The number of anilines is 1. The molecular weight excluding hydrogens is 556 g/mol. The number of nitrogens with zero attached hydrogens (tertiary/aromatic N) is 1. The first-order valence-corrected chi connectivity index (χ1v) is 17.1. The Bertz CT molecular complexity index is 1470. The summed E-state index contributed by atoms with van der Waals surface area (Å²) in [6, 6.07) is 11.7. The number of hydrogen-bond donors (Lipinski definition) is 2. The SMILES string of the molecule is C=S1(=O)NC(=O)c2ccc3c(c2)N(C[C@@H]2CC[C@H]2[C@@H](O)/C=C/C[C@@H](C)[C@@H]1C)C[C@@]1(CCCc2cc(Cl)ccc21)CO3. The van der Waals surface area contributed by atoms with Gasteiger partial charge in [-0.1, -0.05) is 36.7 Å². The molecule has 2 heterocycles. The first kappa shape index (κ1) is 28.6. The summed E-state index contributed by atoms with van der Waals surface area (Å²) in [6.45, 7) is 5.93. The molecule has 2 bridgehead atoms. The monoisotopic (exact) mass is 596 g/mol. The Morgan fingerprint density at radius 3 is 2.80 bits per heavy atom. The standard InChI is InChI=1S/C33H41ClN2O4S/c1-21-6-4-8-30(37)27-12-9-25(27)18-36-19-33(15-5-7-23-16-26(34)11-13-28(23)33)20-40-31-14-10-24(17-29(31)36)32(38)35-41(3,39)22(21)2/h4,8,10-11,13-14,16-17,21-22,25,27,30,37H,3,5-7,9,12,15,18-20H2,1-2H3,(H,35,38,39)/b8-4+/t21-,22+,25+,27-,30+,33+,41?/m1/s1. The Morgan fingerprint density at radius 2 is 2.02 bits per heavy atom. The Morgan fingerprint density at radius 1 is 1.20 bits per heavy atom. The number of benzene rings is 2. The molecule has 0 aromatic heterocycles. The van der Waals surface area contributed by atoms with Gasteiger partial charge in [0.1, 0.15) is 5.75 Å². The Kier molecular flexibility index (Phi) is 7.66. The van der Waals surface area contributed by atoms with E-state index in [0.29, 0.717) is 24.5 Å². The maximum Gasteiger partial charge on any atom is 0.262 e. The van der Waals surface area contributed by atoms with Crippen molar-refractivity contribution in [2.45, 2.75) is 69.1 Å². The molecule has 1 saturated carbocycles. The molecule has 4 aliphatic rings. The van der Waals surface area contributed by atoms with E-state index in [4.69, 9.17) is 16.3 Å². The van der Waals surface area contributed by atoms with Gasteiger partial charge in [-0.15, -0.1) is 0 Å². The lowest BCUT2D eigenvalue weighted by molar-refractivity contribution is 0.0456. The number of rotatable bonds is 0. The molecule has 1 amide bonds. The highest BCUT2D eigenvalue weighted by Gasteiger charge is 2.44. The summed E-state index contributed by atoms with van der Waals surface area (Å²) >= 11 is 6.40. The molecule has 1 unspecified atom stereocenters. The number of carbonyl (C=O) groups excluding carboxylic acids is 1. The van der Waals surface area contributed by atoms with Crippen molar-refractivity contribution in [1.29, 1.82) is 0 Å². The van der Waals surface area contributed by atoms with E-state index in [1.165, 1.54) is 11.1 Å². The molecule has 2 N–H and O–H groups in total. The number of aliphatic hydroxyl groups excluding tert-OH is 1. The summed E-state index contributed by atoms with van der Waals surface area (Å²) < 4.78 is 22.9. The highest BCUT2D eigenvalue weighted by atomic mass is 35.5. The minimum atomic E-state index is -2.91. The fraction of sp³-hybridized carbons (Fsp3) is 0.515. The molecule has 41 heavy (non-hydrogen) atoms. The van der Waals surface area contributed by atoms with Crippen molar-refractivity contribution in [2.24, 2.45) is 17.8 Å². The van der Waals surface area contributed by atoms with Crippen LogP contribution in [0.15, 0.2) is 48.6 Å². The van der Waals surface area contributed by atoms with Crippen molar-refractivity contribution >= 4 is 38.8 Å². The van der Waals surface area contributed by atoms with Gasteiger partial charge in [0.15, 0.2) is 0 Å². The minimum Gasteiger partial charge on any atom is -0.490 e. The van der Waals surface area contributed by atoms with E-state index in [9.17, 15) is 14.1 Å². The van der Waals surface area contributed by atoms with Gasteiger partial charge in [0.25, 0.3) is 5.91 Å². The van der Waals surface area contributed by atoms with Crippen LogP contribution in [0.4, 0.5) is 5.69 Å². The zero-order chi connectivity index (χ0) is 28.9. The number of amides is 1. The molecule has 6 rings (SSSR count). The van der Waals surface area contributed by atoms with Gasteiger partial charge in [0.2, 0.25) is 0 Å². The molecule has 6 nitrogen and oxygen atoms in total. The third-order valence-electron chi connectivity index (χ3n) is 10.2. The van der Waals surface area contributed by atoms with E-state index in [1.54, 1.807) is 6.07 Å². The van der Waals surface area contributed by atoms with Crippen LogP contribution in [0.1, 0.15) is 67.4 Å². The van der Waals surface area contributed by atoms with Crippen molar-refractivity contribution in [3.63, 3.8) is 0 Å². The van der Waals surface area contributed by atoms with Crippen LogP contribution >= 0.6 is 11.6 Å². The van der Waals surface area contributed by atoms with E-state index in [-0.39, 0.29) is 28.4 Å². The van der Waals surface area contributed by atoms with Gasteiger partial charge < -0.3 is 14.7 Å². The number of fused-ring (bicyclic) bond motifs is 4. The van der Waals surface area contributed by atoms with E-state index in [1.807, 2.05) is 44.2 Å². The van der Waals surface area contributed by atoms with Crippen LogP contribution in [0, 0.1) is 17.8 Å². The van der Waals surface area contributed by atoms with Crippen LogP contribution in [0.2, 0.25) is 5.02 Å². The van der Waals surface area contributed by atoms with E-state index in [0.717, 1.165) is 61.7 Å². The fourth-order valence-corrected chi connectivity index (χ4v) is 8.93. The third-order valence-corrected chi connectivity index (χ3v) is 12.6. The fourth-order valence-electron chi connectivity index (χ4n) is 7.26. The molecule has 2 aliphatic carbocycles. The lowest BCUT2D eigenvalue weighted by atomic mass is 9.68. The minimum absolute atomic E-state index is 0.0224. The molecule has 1 spiro atoms. The summed E-state index contributed by atoms with van der Waals surface area (Å²) in [7, 11) is -2.91. The second kappa shape index (κ2) is 11.0. The number of allylic oxidation sites excluding steroid dienone is 1. The summed E-state index contributed by atoms with van der Waals surface area (Å²) in [5, 5.41) is 11.6. The smallest absolute Gasteiger partial charge is 0.262 e. The molecule has 2 aromatic rings. The van der Waals surface area contributed by atoms with Crippen molar-refractivity contribution in [2.75, 3.05) is 24.6 Å². The summed E-state index contributed by atoms with van der Waals surface area (Å²) in [4.78, 5) is 15.8. The van der Waals surface area contributed by atoms with Crippen LogP contribution in [-0.2, 0) is 21.5 Å². The first-order valence-electron chi connectivity index (χ1n) is 14.9. The van der Waals surface area contributed by atoms with Gasteiger partial charge in [-0.3, -0.25) is 9.52 Å². The topological polar surface area (TPSA) is 78.9 Å². The zero-order valence-electron chi connectivity index (χ0n) is 24.0. The van der Waals surface area contributed by atoms with Gasteiger partial charge in [0.05, 0.1) is 28.1 Å². The first-order chi connectivity index (χ1) is 19.6. The normalized spacial score (nSPS) is 36.1. The number of aliphatic hydroxyl groups is 1. The predicted octanol–water partition coefficient (Wildman–Crippen LogP) is 5.55. The predicted molar refractivity (Wildman–Crippen MR) is 168 cm³/mol. The van der Waals surface area contributed by atoms with E-state index >= 15 is 0 Å². The molecule has 2 aromatic carbocycles. The summed E-state index contributed by atoms with van der Waals surface area (Å²) in [5.74, 6) is 4.82. The molecule has 8 heteroatoms. The zero-order valence-corrected chi connectivity index (χ0v) is 25.6.